The molecule has 0 amide bonds. The van der Waals surface area contributed by atoms with E-state index < -0.39 is 10.0 Å². The van der Waals surface area contributed by atoms with Gasteiger partial charge in [0.1, 0.15) is 0 Å². The Bertz CT molecular complexity index is 296. The molecule has 0 saturated carbocycles. The average Bonchev–Trinajstić information content (AvgIpc) is 2.13. The smallest absolute Gasteiger partial charge is 0.216 e. The van der Waals surface area contributed by atoms with Crippen molar-refractivity contribution in [3.8, 4) is 0 Å². The Hall–Kier alpha value is -0.170. The largest absolute Gasteiger partial charge is 0.381 e. The first kappa shape index (κ1) is 12.9. The summed E-state index contributed by atoms with van der Waals surface area (Å²) in [6, 6.07) is 0. The molecular formula is C9H20N2O3S. The van der Waals surface area contributed by atoms with Crippen LogP contribution in [-0.4, -0.2) is 50.3 Å². The third-order valence-electron chi connectivity index (χ3n) is 2.77. The zero-order valence-electron chi connectivity index (χ0n) is 9.40. The summed E-state index contributed by atoms with van der Waals surface area (Å²) in [6.45, 7) is 5.52. The molecule has 0 aromatic carbocycles. The molecule has 0 atom stereocenters. The van der Waals surface area contributed by atoms with E-state index in [0.29, 0.717) is 19.7 Å². The maximum atomic E-state index is 11.7. The van der Waals surface area contributed by atoms with Crippen LogP contribution in [0.15, 0.2) is 0 Å². The molecule has 0 aromatic heterocycles. The van der Waals surface area contributed by atoms with Gasteiger partial charge in [-0.2, -0.15) is 4.31 Å². The molecule has 0 radical (unpaired) electrons. The highest BCUT2D eigenvalue weighted by Crippen LogP contribution is 2.24. The molecule has 90 valence electrons. The first-order valence-corrected chi connectivity index (χ1v) is 6.89. The minimum atomic E-state index is -3.15. The van der Waals surface area contributed by atoms with Crippen molar-refractivity contribution < 1.29 is 13.2 Å². The van der Waals surface area contributed by atoms with Gasteiger partial charge in [-0.3, -0.25) is 0 Å². The lowest BCUT2D eigenvalue weighted by Crippen LogP contribution is -2.68. The zero-order chi connectivity index (χ0) is 11.5. The summed E-state index contributed by atoms with van der Waals surface area (Å²) in [5.74, 6) is 0.0562. The van der Waals surface area contributed by atoms with Gasteiger partial charge in [-0.25, -0.2) is 8.42 Å². The Morgan fingerprint density at radius 1 is 1.40 bits per heavy atom. The average molecular weight is 236 g/mol. The fourth-order valence-electron chi connectivity index (χ4n) is 1.51. The van der Waals surface area contributed by atoms with Crippen LogP contribution in [-0.2, 0) is 14.8 Å². The molecule has 15 heavy (non-hydrogen) atoms. The van der Waals surface area contributed by atoms with Crippen molar-refractivity contribution in [2.75, 3.05) is 32.1 Å². The van der Waals surface area contributed by atoms with Gasteiger partial charge in [-0.05, 0) is 13.3 Å². The fourth-order valence-corrected chi connectivity index (χ4v) is 3.01. The van der Waals surface area contributed by atoms with Crippen LogP contribution in [0.3, 0.4) is 0 Å². The Morgan fingerprint density at radius 3 is 2.47 bits per heavy atom. The van der Waals surface area contributed by atoms with Crippen LogP contribution in [0.5, 0.6) is 0 Å². The van der Waals surface area contributed by atoms with Crippen molar-refractivity contribution >= 4 is 10.0 Å². The van der Waals surface area contributed by atoms with Crippen molar-refractivity contribution in [1.82, 2.24) is 4.31 Å². The summed E-state index contributed by atoms with van der Waals surface area (Å²) in [5.41, 5.74) is 5.60. The number of nitrogens with two attached hydrogens (primary N) is 1. The molecule has 2 N–H and O–H groups in total. The van der Waals surface area contributed by atoms with Crippen LogP contribution in [0.4, 0.5) is 0 Å². The van der Waals surface area contributed by atoms with Crippen molar-refractivity contribution in [2.45, 2.75) is 25.8 Å². The SMILES string of the molecule is CCOCCS(=O)(=O)N1CC(N)(CC)C1. The summed E-state index contributed by atoms with van der Waals surface area (Å²) in [6.07, 6.45) is 0.810. The molecule has 0 unspecified atom stereocenters. The summed E-state index contributed by atoms with van der Waals surface area (Å²) < 4.78 is 29.8. The van der Waals surface area contributed by atoms with E-state index in [-0.39, 0.29) is 17.9 Å². The quantitative estimate of drug-likeness (QED) is 0.647. The van der Waals surface area contributed by atoms with Crippen molar-refractivity contribution in [3.63, 3.8) is 0 Å². The summed E-state index contributed by atoms with van der Waals surface area (Å²) >= 11 is 0. The van der Waals surface area contributed by atoms with Crippen LogP contribution in [0.1, 0.15) is 20.3 Å². The molecule has 0 spiro atoms. The van der Waals surface area contributed by atoms with E-state index in [0.717, 1.165) is 6.42 Å². The Labute approximate surface area is 91.6 Å². The maximum Gasteiger partial charge on any atom is 0.216 e. The lowest BCUT2D eigenvalue weighted by molar-refractivity contribution is 0.143. The predicted octanol–water partition coefficient (Wildman–Crippen LogP) is -0.224. The lowest BCUT2D eigenvalue weighted by Gasteiger charge is -2.46. The van der Waals surface area contributed by atoms with Crippen LogP contribution >= 0.6 is 0 Å². The van der Waals surface area contributed by atoms with Crippen LogP contribution in [0.25, 0.3) is 0 Å². The minimum absolute atomic E-state index is 0.0562. The second-order valence-electron chi connectivity index (χ2n) is 4.00. The van der Waals surface area contributed by atoms with Crippen molar-refractivity contribution in [2.24, 2.45) is 5.73 Å². The normalized spacial score (nSPS) is 21.3. The highest BCUT2D eigenvalue weighted by Gasteiger charge is 2.43. The van der Waals surface area contributed by atoms with E-state index >= 15 is 0 Å². The molecule has 1 heterocycles. The number of hydrogen-bond donors (Lipinski definition) is 1. The molecule has 1 aliphatic heterocycles. The van der Waals surface area contributed by atoms with Crippen molar-refractivity contribution in [1.29, 1.82) is 0 Å². The lowest BCUT2D eigenvalue weighted by atomic mass is 9.91. The van der Waals surface area contributed by atoms with E-state index in [1.807, 2.05) is 13.8 Å². The van der Waals surface area contributed by atoms with Crippen LogP contribution < -0.4 is 5.73 Å². The predicted molar refractivity (Wildman–Crippen MR) is 59.1 cm³/mol. The summed E-state index contributed by atoms with van der Waals surface area (Å²) in [5, 5.41) is 0. The molecule has 6 heteroatoms. The monoisotopic (exact) mass is 236 g/mol. The molecular weight excluding hydrogens is 216 g/mol. The number of sulfonamides is 1. The van der Waals surface area contributed by atoms with Crippen LogP contribution in [0, 0.1) is 0 Å². The van der Waals surface area contributed by atoms with Gasteiger partial charge in [0.25, 0.3) is 0 Å². The van der Waals surface area contributed by atoms with Gasteiger partial charge in [0.05, 0.1) is 12.4 Å². The Kier molecular flexibility index (Phi) is 4.11. The van der Waals surface area contributed by atoms with E-state index in [1.54, 1.807) is 0 Å². The van der Waals surface area contributed by atoms with Gasteiger partial charge in [0.2, 0.25) is 10.0 Å². The van der Waals surface area contributed by atoms with Gasteiger partial charge >= 0.3 is 0 Å². The number of hydrogen-bond acceptors (Lipinski definition) is 4. The number of ether oxygens (including phenoxy) is 1. The third kappa shape index (κ3) is 3.14. The van der Waals surface area contributed by atoms with Gasteiger partial charge < -0.3 is 10.5 Å². The second-order valence-corrected chi connectivity index (χ2v) is 6.09. The van der Waals surface area contributed by atoms with Gasteiger partial charge in [-0.15, -0.1) is 0 Å². The van der Waals surface area contributed by atoms with E-state index in [9.17, 15) is 8.42 Å². The molecule has 0 bridgehead atoms. The van der Waals surface area contributed by atoms with E-state index in [2.05, 4.69) is 0 Å². The maximum absolute atomic E-state index is 11.7. The highest BCUT2D eigenvalue weighted by molar-refractivity contribution is 7.89. The van der Waals surface area contributed by atoms with E-state index in [1.165, 1.54) is 4.31 Å². The number of rotatable bonds is 6. The van der Waals surface area contributed by atoms with Crippen molar-refractivity contribution in [3.05, 3.63) is 0 Å². The van der Waals surface area contributed by atoms with Gasteiger partial charge in [-0.1, -0.05) is 6.92 Å². The number of nitrogens with zero attached hydrogens (tertiary/aromatic N) is 1. The molecule has 1 rings (SSSR count). The zero-order valence-corrected chi connectivity index (χ0v) is 10.2. The van der Waals surface area contributed by atoms with Crippen LogP contribution in [0.2, 0.25) is 0 Å². The Morgan fingerprint density at radius 2 is 2.00 bits per heavy atom. The molecule has 1 saturated heterocycles. The first-order valence-electron chi connectivity index (χ1n) is 5.28. The van der Waals surface area contributed by atoms with E-state index in [4.69, 9.17) is 10.5 Å². The molecule has 1 aliphatic rings. The summed E-state index contributed by atoms with van der Waals surface area (Å²) in [4.78, 5) is 0. The third-order valence-corrected chi connectivity index (χ3v) is 4.50. The topological polar surface area (TPSA) is 72.6 Å². The standard InChI is InChI=1S/C9H20N2O3S/c1-3-9(10)7-11(8-9)15(12,13)6-5-14-4-2/h3-8,10H2,1-2H3. The molecule has 5 nitrogen and oxygen atoms in total. The molecule has 1 fully saturated rings. The molecule has 0 aliphatic carbocycles. The highest BCUT2D eigenvalue weighted by atomic mass is 32.2. The molecule has 0 aromatic rings. The second kappa shape index (κ2) is 4.78. The first-order chi connectivity index (χ1) is 6.93. The Balaban J connectivity index is 2.38. The minimum Gasteiger partial charge on any atom is -0.381 e. The van der Waals surface area contributed by atoms with Gasteiger partial charge in [0.15, 0.2) is 0 Å². The fraction of sp³-hybridized carbons (Fsp3) is 1.00. The van der Waals surface area contributed by atoms with Gasteiger partial charge in [0, 0.05) is 25.2 Å². The summed E-state index contributed by atoms with van der Waals surface area (Å²) in [7, 11) is -3.15.